The third-order valence-electron chi connectivity index (χ3n) is 2.68. The lowest BCUT2D eigenvalue weighted by Gasteiger charge is -2.11. The monoisotopic (exact) mass is 348 g/mol. The van der Waals surface area contributed by atoms with Gasteiger partial charge in [0.15, 0.2) is 0 Å². The van der Waals surface area contributed by atoms with Gasteiger partial charge in [0, 0.05) is 10.0 Å². The van der Waals surface area contributed by atoms with Gasteiger partial charge in [0.2, 0.25) is 0 Å². The number of rotatable bonds is 3. The Balaban J connectivity index is 2.10. The normalized spacial score (nSPS) is 9.95. The molecule has 0 radical (unpaired) electrons. The Morgan fingerprint density at radius 2 is 1.81 bits per heavy atom. The van der Waals surface area contributed by atoms with Gasteiger partial charge in [-0.3, -0.25) is 5.41 Å². The van der Waals surface area contributed by atoms with Crippen LogP contribution < -0.4 is 16.4 Å². The number of para-hydroxylation sites is 1. The summed E-state index contributed by atoms with van der Waals surface area (Å²) >= 11 is 3.32. The second-order valence-corrected chi connectivity index (χ2v) is 5.06. The molecule has 2 amide bonds. The van der Waals surface area contributed by atoms with Crippen LogP contribution in [0.2, 0.25) is 0 Å². The van der Waals surface area contributed by atoms with Crippen molar-refractivity contribution in [1.82, 2.24) is 0 Å². The van der Waals surface area contributed by atoms with Crippen LogP contribution in [-0.2, 0) is 0 Å². The summed E-state index contributed by atoms with van der Waals surface area (Å²) in [4.78, 5) is 11.9. The maximum atomic E-state index is 11.9. The molecule has 0 spiro atoms. The maximum Gasteiger partial charge on any atom is 0.323 e. The summed E-state index contributed by atoms with van der Waals surface area (Å²) in [6.07, 6.45) is 0. The molecule has 0 heterocycles. The number of nitrogens with one attached hydrogen (secondary N) is 3. The Morgan fingerprint density at radius 1 is 1.14 bits per heavy atom. The third kappa shape index (κ3) is 3.73. The zero-order valence-electron chi connectivity index (χ0n) is 10.9. The molecular weight excluding hydrogens is 336 g/mol. The smallest absolute Gasteiger partial charge is 0.323 e. The Bertz CT molecular complexity index is 703. The molecule has 0 atom stereocenters. The highest BCUT2D eigenvalue weighted by Crippen LogP contribution is 2.25. The first-order valence-corrected chi connectivity index (χ1v) is 6.76. The van der Waals surface area contributed by atoms with E-state index in [2.05, 4.69) is 26.6 Å². The van der Waals surface area contributed by atoms with Crippen molar-refractivity contribution in [2.45, 2.75) is 0 Å². The van der Waals surface area contributed by atoms with Gasteiger partial charge >= 0.3 is 6.03 Å². The summed E-state index contributed by atoms with van der Waals surface area (Å²) in [5.74, 6) is -0.320. The van der Waals surface area contributed by atoms with Gasteiger partial charge in [-0.25, -0.2) is 4.79 Å². The van der Waals surface area contributed by atoms with Crippen LogP contribution in [0, 0.1) is 5.41 Å². The molecule has 108 valence electrons. The highest BCUT2D eigenvalue weighted by atomic mass is 79.9. The number of amidine groups is 1. The fourth-order valence-electron chi connectivity index (χ4n) is 1.64. The number of nitrogens with two attached hydrogens (primary N) is 1. The number of phenolic OH excluding ortho intramolecular Hbond substituents is 1. The highest BCUT2D eigenvalue weighted by molar-refractivity contribution is 9.10. The standard InChI is InChI=1S/C14H13BrN4O2/c15-9-3-1-2-4-10(9)18-14(21)19-11-6-5-8(13(16)17)7-12(11)20/h1-7,20H,(H3,16,17)(H2,18,19,21). The van der Waals surface area contributed by atoms with Crippen LogP contribution in [0.5, 0.6) is 5.75 Å². The molecule has 6 N–H and O–H groups in total. The van der Waals surface area contributed by atoms with E-state index < -0.39 is 6.03 Å². The summed E-state index contributed by atoms with van der Waals surface area (Å²) in [6, 6.07) is 11.0. The molecule has 0 aromatic heterocycles. The number of carbonyl (C=O) groups is 1. The topological polar surface area (TPSA) is 111 Å². The molecule has 0 saturated heterocycles. The third-order valence-corrected chi connectivity index (χ3v) is 3.37. The number of nitrogen functional groups attached to an aromatic ring is 1. The number of carbonyl (C=O) groups excluding carboxylic acids is 1. The maximum absolute atomic E-state index is 11.9. The van der Waals surface area contributed by atoms with E-state index in [9.17, 15) is 9.90 Å². The minimum atomic E-state index is -0.493. The molecule has 2 aromatic carbocycles. The van der Waals surface area contributed by atoms with Crippen molar-refractivity contribution in [2.24, 2.45) is 5.73 Å². The zero-order valence-corrected chi connectivity index (χ0v) is 12.4. The molecule has 2 aromatic rings. The largest absolute Gasteiger partial charge is 0.506 e. The van der Waals surface area contributed by atoms with Gasteiger partial charge in [-0.05, 0) is 46.3 Å². The molecule has 6 nitrogen and oxygen atoms in total. The molecule has 0 aliphatic heterocycles. The SMILES string of the molecule is N=C(N)c1ccc(NC(=O)Nc2ccccc2Br)c(O)c1. The van der Waals surface area contributed by atoms with Gasteiger partial charge in [-0.1, -0.05) is 12.1 Å². The molecule has 2 rings (SSSR count). The van der Waals surface area contributed by atoms with Gasteiger partial charge in [-0.2, -0.15) is 0 Å². The van der Waals surface area contributed by atoms with Gasteiger partial charge in [-0.15, -0.1) is 0 Å². The van der Waals surface area contributed by atoms with Crippen molar-refractivity contribution in [1.29, 1.82) is 5.41 Å². The second kappa shape index (κ2) is 6.27. The predicted octanol–water partition coefficient (Wildman–Crippen LogP) is 3.08. The van der Waals surface area contributed by atoms with Crippen molar-refractivity contribution < 1.29 is 9.90 Å². The summed E-state index contributed by atoms with van der Waals surface area (Å²) in [5, 5.41) is 22.3. The van der Waals surface area contributed by atoms with Crippen molar-refractivity contribution in [2.75, 3.05) is 10.6 Å². The van der Waals surface area contributed by atoms with E-state index in [1.807, 2.05) is 6.07 Å². The lowest BCUT2D eigenvalue weighted by Crippen LogP contribution is -2.20. The molecule has 0 aliphatic carbocycles. The van der Waals surface area contributed by atoms with Crippen molar-refractivity contribution in [3.8, 4) is 5.75 Å². The average molecular weight is 349 g/mol. The molecular formula is C14H13BrN4O2. The molecule has 21 heavy (non-hydrogen) atoms. The van der Waals surface area contributed by atoms with Crippen LogP contribution in [0.15, 0.2) is 46.9 Å². The van der Waals surface area contributed by atoms with Crippen molar-refractivity contribution >= 4 is 39.2 Å². The summed E-state index contributed by atoms with van der Waals surface area (Å²) < 4.78 is 0.747. The Labute approximate surface area is 129 Å². The van der Waals surface area contributed by atoms with E-state index in [-0.39, 0.29) is 17.3 Å². The van der Waals surface area contributed by atoms with Crippen molar-refractivity contribution in [3.63, 3.8) is 0 Å². The summed E-state index contributed by atoms with van der Waals surface area (Å²) in [6.45, 7) is 0. The highest BCUT2D eigenvalue weighted by Gasteiger charge is 2.09. The first-order chi connectivity index (χ1) is 9.97. The van der Waals surface area contributed by atoms with Crippen LogP contribution in [0.4, 0.5) is 16.2 Å². The first kappa shape index (κ1) is 14.9. The molecule has 0 aliphatic rings. The van der Waals surface area contributed by atoms with Crippen molar-refractivity contribution in [3.05, 3.63) is 52.5 Å². The quantitative estimate of drug-likeness (QED) is 0.333. The number of halogens is 1. The number of hydrogen-bond acceptors (Lipinski definition) is 3. The number of aromatic hydroxyl groups is 1. The fraction of sp³-hybridized carbons (Fsp3) is 0. The predicted molar refractivity (Wildman–Crippen MR) is 85.9 cm³/mol. The Morgan fingerprint density at radius 3 is 2.43 bits per heavy atom. The Kier molecular flexibility index (Phi) is 4.44. The fourth-order valence-corrected chi connectivity index (χ4v) is 2.03. The van der Waals surface area contributed by atoms with Crippen LogP contribution in [0.25, 0.3) is 0 Å². The van der Waals surface area contributed by atoms with Crippen LogP contribution in [0.3, 0.4) is 0 Å². The van der Waals surface area contributed by atoms with Crippen LogP contribution in [-0.4, -0.2) is 17.0 Å². The molecule has 0 bridgehead atoms. The minimum absolute atomic E-state index is 0.158. The van der Waals surface area contributed by atoms with E-state index in [1.165, 1.54) is 18.2 Å². The van der Waals surface area contributed by atoms with Gasteiger partial charge in [0.05, 0.1) is 11.4 Å². The van der Waals surface area contributed by atoms with E-state index in [1.54, 1.807) is 18.2 Å². The number of benzene rings is 2. The van der Waals surface area contributed by atoms with Crippen LogP contribution in [0.1, 0.15) is 5.56 Å². The van der Waals surface area contributed by atoms with Crippen LogP contribution >= 0.6 is 15.9 Å². The number of hydrogen-bond donors (Lipinski definition) is 5. The molecule has 7 heteroatoms. The average Bonchev–Trinajstić information content (AvgIpc) is 2.43. The zero-order chi connectivity index (χ0) is 15.4. The minimum Gasteiger partial charge on any atom is -0.506 e. The van der Waals surface area contributed by atoms with E-state index in [4.69, 9.17) is 11.1 Å². The first-order valence-electron chi connectivity index (χ1n) is 5.97. The Hall–Kier alpha value is -2.54. The van der Waals surface area contributed by atoms with E-state index in [0.717, 1.165) is 4.47 Å². The van der Waals surface area contributed by atoms with Gasteiger partial charge in [0.1, 0.15) is 11.6 Å². The molecule has 0 fully saturated rings. The number of phenols is 1. The van der Waals surface area contributed by atoms with Gasteiger partial charge in [0.25, 0.3) is 0 Å². The molecule has 0 unspecified atom stereocenters. The lowest BCUT2D eigenvalue weighted by atomic mass is 10.2. The second-order valence-electron chi connectivity index (χ2n) is 4.20. The summed E-state index contributed by atoms with van der Waals surface area (Å²) in [7, 11) is 0. The van der Waals surface area contributed by atoms with Gasteiger partial charge < -0.3 is 21.5 Å². The number of urea groups is 1. The van der Waals surface area contributed by atoms with E-state index in [0.29, 0.717) is 11.3 Å². The molecule has 0 saturated carbocycles. The number of amides is 2. The number of anilines is 2. The lowest BCUT2D eigenvalue weighted by molar-refractivity contribution is 0.262. The van der Waals surface area contributed by atoms with E-state index >= 15 is 0 Å². The summed E-state index contributed by atoms with van der Waals surface area (Å²) in [5.41, 5.74) is 6.53.